The molecule has 0 fully saturated rings. The fraction of sp³-hybridized carbons (Fsp3) is 0. The lowest BCUT2D eigenvalue weighted by atomic mass is 9.97. The van der Waals surface area contributed by atoms with E-state index in [-0.39, 0.29) is 0 Å². The molecule has 3 heterocycles. The molecule has 0 aliphatic carbocycles. The van der Waals surface area contributed by atoms with Crippen LogP contribution in [0.4, 0.5) is 17.1 Å². The molecule has 318 valence electrons. The van der Waals surface area contributed by atoms with E-state index in [1.807, 2.05) is 11.3 Å². The first-order valence-corrected chi connectivity index (χ1v) is 24.0. The highest BCUT2D eigenvalue weighted by Crippen LogP contribution is 2.45. The Morgan fingerprint density at radius 2 is 0.971 bits per heavy atom. The maximum Gasteiger partial charge on any atom is 0.143 e. The van der Waals surface area contributed by atoms with Crippen molar-refractivity contribution in [3.8, 4) is 39.1 Å². The van der Waals surface area contributed by atoms with Crippen LogP contribution in [0.2, 0.25) is 0 Å². The lowest BCUT2D eigenvalue weighted by Gasteiger charge is -2.27. The van der Waals surface area contributed by atoms with E-state index >= 15 is 0 Å². The van der Waals surface area contributed by atoms with Gasteiger partial charge in [-0.25, -0.2) is 0 Å². The molecule has 0 unspecified atom stereocenters. The molecule has 0 aliphatic heterocycles. The minimum Gasteiger partial charge on any atom is -0.455 e. The van der Waals surface area contributed by atoms with Crippen LogP contribution in [-0.4, -0.2) is 4.57 Å². The SMILES string of the molecule is c1cc(-c2cccc3ccccc23)cc(N(c2ccc(-c3ccc4sc5ccccc5c4c3)cc2)c2cc(-c3ccc(-n4c5ccccc5c5ccccc54)cc3)c3oc4ccccc4c3c2)c1. The molecule has 14 rings (SSSR count). The molecule has 0 saturated carbocycles. The molecule has 0 aliphatic rings. The topological polar surface area (TPSA) is 21.3 Å². The Labute approximate surface area is 396 Å². The molecule has 3 nitrogen and oxygen atoms in total. The van der Waals surface area contributed by atoms with Crippen molar-refractivity contribution in [2.24, 2.45) is 0 Å². The Bertz CT molecular complexity index is 4210. The smallest absolute Gasteiger partial charge is 0.143 e. The maximum absolute atomic E-state index is 6.81. The molecule has 0 N–H and O–H groups in total. The Balaban J connectivity index is 0.951. The number of nitrogens with zero attached hydrogens (tertiary/aromatic N) is 2. The highest BCUT2D eigenvalue weighted by molar-refractivity contribution is 7.25. The van der Waals surface area contributed by atoms with Crippen LogP contribution in [0.1, 0.15) is 0 Å². The quantitative estimate of drug-likeness (QED) is 0.159. The van der Waals surface area contributed by atoms with Crippen molar-refractivity contribution < 1.29 is 4.42 Å². The van der Waals surface area contributed by atoms with Gasteiger partial charge in [-0.2, -0.15) is 0 Å². The van der Waals surface area contributed by atoms with Crippen molar-refractivity contribution in [2.45, 2.75) is 0 Å². The Morgan fingerprint density at radius 3 is 1.78 bits per heavy atom. The second-order valence-corrected chi connectivity index (χ2v) is 18.7. The minimum absolute atomic E-state index is 0.868. The van der Waals surface area contributed by atoms with Crippen molar-refractivity contribution in [1.29, 1.82) is 0 Å². The molecule has 0 spiro atoms. The third-order valence-electron chi connectivity index (χ3n) is 13.8. The lowest BCUT2D eigenvalue weighted by molar-refractivity contribution is 0.670. The van der Waals surface area contributed by atoms with E-state index in [1.165, 1.54) is 69.4 Å². The summed E-state index contributed by atoms with van der Waals surface area (Å²) in [5.74, 6) is 0. The first kappa shape index (κ1) is 38.6. The molecule has 14 aromatic rings. The summed E-state index contributed by atoms with van der Waals surface area (Å²) in [6.07, 6.45) is 0. The molecule has 0 atom stereocenters. The van der Waals surface area contributed by atoms with Gasteiger partial charge in [0, 0.05) is 70.0 Å². The van der Waals surface area contributed by atoms with Crippen LogP contribution >= 0.6 is 11.3 Å². The van der Waals surface area contributed by atoms with Gasteiger partial charge in [-0.05, 0) is 124 Å². The molecule has 3 aromatic heterocycles. The summed E-state index contributed by atoms with van der Waals surface area (Å²) in [5.41, 5.74) is 15.3. The van der Waals surface area contributed by atoms with Gasteiger partial charge >= 0.3 is 0 Å². The standard InChI is InChI=1S/C64H40N2OS/c1-2-17-50-42(13-1)14-12-22-51(50)45-15-11-16-48(37-45)65(46-32-27-41(28-33-46)44-31-36-63-57(38-44)55-21-6-10-26-62(55)68-63)49-39-56(64-58(40-49)54-20-5-9-25-61(54)67-64)43-29-34-47(35-30-43)66-59-23-7-3-18-52(59)53-19-4-8-24-60(53)66/h1-40H. The zero-order chi connectivity index (χ0) is 44.7. The Kier molecular flexibility index (Phi) is 8.76. The highest BCUT2D eigenvalue weighted by Gasteiger charge is 2.21. The van der Waals surface area contributed by atoms with Crippen molar-refractivity contribution in [3.05, 3.63) is 243 Å². The van der Waals surface area contributed by atoms with Gasteiger partial charge in [0.15, 0.2) is 0 Å². The van der Waals surface area contributed by atoms with E-state index in [0.29, 0.717) is 0 Å². The molecular formula is C64H40N2OS. The Hall–Kier alpha value is -8.70. The van der Waals surface area contributed by atoms with Gasteiger partial charge in [-0.3, -0.25) is 0 Å². The van der Waals surface area contributed by atoms with Gasteiger partial charge in [0.1, 0.15) is 11.2 Å². The highest BCUT2D eigenvalue weighted by atomic mass is 32.1. The predicted molar refractivity (Wildman–Crippen MR) is 289 cm³/mol. The van der Waals surface area contributed by atoms with E-state index in [2.05, 4.69) is 252 Å². The van der Waals surface area contributed by atoms with Gasteiger partial charge in [0.2, 0.25) is 0 Å². The van der Waals surface area contributed by atoms with Crippen LogP contribution in [0.5, 0.6) is 0 Å². The molecule has 4 heteroatoms. The van der Waals surface area contributed by atoms with Crippen molar-refractivity contribution in [2.75, 3.05) is 4.90 Å². The van der Waals surface area contributed by atoms with Crippen molar-refractivity contribution in [1.82, 2.24) is 4.57 Å². The number of anilines is 3. The van der Waals surface area contributed by atoms with E-state index in [1.54, 1.807) is 0 Å². The molecule has 11 aromatic carbocycles. The maximum atomic E-state index is 6.81. The summed E-state index contributed by atoms with van der Waals surface area (Å²) in [6, 6.07) is 88.3. The first-order chi connectivity index (χ1) is 33.7. The summed E-state index contributed by atoms with van der Waals surface area (Å²) in [4.78, 5) is 2.41. The van der Waals surface area contributed by atoms with Crippen LogP contribution < -0.4 is 4.90 Å². The number of para-hydroxylation sites is 3. The van der Waals surface area contributed by atoms with Gasteiger partial charge < -0.3 is 13.9 Å². The summed E-state index contributed by atoms with van der Waals surface area (Å²) in [5, 5.41) is 9.72. The zero-order valence-corrected chi connectivity index (χ0v) is 37.6. The third-order valence-corrected chi connectivity index (χ3v) is 14.9. The minimum atomic E-state index is 0.868. The molecule has 0 amide bonds. The van der Waals surface area contributed by atoms with Crippen LogP contribution in [-0.2, 0) is 0 Å². The van der Waals surface area contributed by atoms with Crippen LogP contribution in [0.15, 0.2) is 247 Å². The summed E-state index contributed by atoms with van der Waals surface area (Å²) in [7, 11) is 0. The normalized spacial score (nSPS) is 11.8. The number of benzene rings is 11. The van der Waals surface area contributed by atoms with Gasteiger partial charge in [-0.1, -0.05) is 158 Å². The van der Waals surface area contributed by atoms with E-state index in [4.69, 9.17) is 4.42 Å². The number of furan rings is 1. The third kappa shape index (κ3) is 6.19. The number of thiophene rings is 1. The number of hydrogen-bond acceptors (Lipinski definition) is 3. The van der Waals surface area contributed by atoms with Crippen LogP contribution in [0.3, 0.4) is 0 Å². The first-order valence-electron chi connectivity index (χ1n) is 23.1. The van der Waals surface area contributed by atoms with E-state index < -0.39 is 0 Å². The van der Waals surface area contributed by atoms with Crippen LogP contribution in [0.25, 0.3) is 114 Å². The largest absolute Gasteiger partial charge is 0.455 e. The molecule has 0 radical (unpaired) electrons. The van der Waals surface area contributed by atoms with E-state index in [9.17, 15) is 0 Å². The van der Waals surface area contributed by atoms with Crippen LogP contribution in [0, 0.1) is 0 Å². The molecule has 0 saturated heterocycles. The number of aromatic nitrogens is 1. The average molecular weight is 885 g/mol. The Morgan fingerprint density at radius 1 is 0.338 bits per heavy atom. The van der Waals surface area contributed by atoms with Gasteiger partial charge in [0.25, 0.3) is 0 Å². The summed E-state index contributed by atoms with van der Waals surface area (Å²) < 4.78 is 11.8. The lowest BCUT2D eigenvalue weighted by Crippen LogP contribution is -2.10. The molecule has 0 bridgehead atoms. The second kappa shape index (κ2) is 15.5. The number of fused-ring (bicyclic) bond motifs is 10. The van der Waals surface area contributed by atoms with Crippen molar-refractivity contribution >= 4 is 103 Å². The average Bonchev–Trinajstić information content (AvgIpc) is 4.08. The fourth-order valence-electron chi connectivity index (χ4n) is 10.6. The monoisotopic (exact) mass is 884 g/mol. The molecule has 68 heavy (non-hydrogen) atoms. The summed E-state index contributed by atoms with van der Waals surface area (Å²) in [6.45, 7) is 0. The number of hydrogen-bond donors (Lipinski definition) is 0. The van der Waals surface area contributed by atoms with E-state index in [0.717, 1.165) is 61.4 Å². The number of rotatable bonds is 7. The predicted octanol–water partition coefficient (Wildman–Crippen LogP) is 18.7. The summed E-state index contributed by atoms with van der Waals surface area (Å²) >= 11 is 1.85. The van der Waals surface area contributed by atoms with Gasteiger partial charge in [-0.15, -0.1) is 11.3 Å². The molecular weight excluding hydrogens is 845 g/mol. The fourth-order valence-corrected chi connectivity index (χ4v) is 11.7. The zero-order valence-electron chi connectivity index (χ0n) is 36.8. The van der Waals surface area contributed by atoms with Gasteiger partial charge in [0.05, 0.1) is 11.0 Å². The van der Waals surface area contributed by atoms with Crippen molar-refractivity contribution in [3.63, 3.8) is 0 Å². The second-order valence-electron chi connectivity index (χ2n) is 17.7.